The lowest BCUT2D eigenvalue weighted by Crippen LogP contribution is -2.42. The summed E-state index contributed by atoms with van der Waals surface area (Å²) in [4.78, 5) is 22.7. The summed E-state index contributed by atoms with van der Waals surface area (Å²) in [6.45, 7) is 4.69. The Morgan fingerprint density at radius 2 is 1.83 bits per heavy atom. The largest absolute Gasteiger partial charge is 0.352 e. The van der Waals surface area contributed by atoms with E-state index in [9.17, 15) is 23.3 Å². The number of rotatable bonds is 6. The average Bonchev–Trinajstić information content (AvgIpc) is 2.97. The Labute approximate surface area is 175 Å². The van der Waals surface area contributed by atoms with Crippen molar-refractivity contribution in [3.63, 3.8) is 0 Å². The summed E-state index contributed by atoms with van der Waals surface area (Å²) < 4.78 is 28.7. The highest BCUT2D eigenvalue weighted by Crippen LogP contribution is 2.25. The number of hydrogen-bond donors (Lipinski definition) is 1. The first-order chi connectivity index (χ1) is 14.1. The molecule has 1 saturated heterocycles. The lowest BCUT2D eigenvalue weighted by atomic mass is 9.97. The first kappa shape index (κ1) is 21.9. The molecule has 1 aromatic heterocycles. The van der Waals surface area contributed by atoms with Crippen molar-refractivity contribution >= 4 is 21.6 Å². The highest BCUT2D eigenvalue weighted by Gasteiger charge is 2.32. The van der Waals surface area contributed by atoms with E-state index in [0.717, 1.165) is 17.0 Å². The van der Waals surface area contributed by atoms with Crippen LogP contribution < -0.4 is 5.32 Å². The molecule has 0 spiro atoms. The van der Waals surface area contributed by atoms with Gasteiger partial charge in [-0.1, -0.05) is 0 Å². The lowest BCUT2D eigenvalue weighted by molar-refractivity contribution is -0.384. The molecule has 2 heterocycles. The predicted octanol–water partition coefficient (Wildman–Crippen LogP) is 1.66. The first-order valence-electron chi connectivity index (χ1n) is 9.62. The summed E-state index contributed by atoms with van der Waals surface area (Å²) >= 11 is 0. The molecule has 10 nitrogen and oxygen atoms in total. The van der Waals surface area contributed by atoms with Gasteiger partial charge in [0.25, 0.3) is 5.69 Å². The van der Waals surface area contributed by atoms with Crippen molar-refractivity contribution in [2.75, 3.05) is 13.1 Å². The molecule has 2 aromatic rings. The Morgan fingerprint density at radius 1 is 1.23 bits per heavy atom. The number of carbonyl (C=O) groups is 1. The Bertz CT molecular complexity index is 1050. The van der Waals surface area contributed by atoms with Crippen LogP contribution in [0.4, 0.5) is 5.69 Å². The number of nitrogens with one attached hydrogen (secondary N) is 1. The molecule has 30 heavy (non-hydrogen) atoms. The van der Waals surface area contributed by atoms with Crippen LogP contribution in [-0.2, 0) is 28.4 Å². The van der Waals surface area contributed by atoms with E-state index in [1.54, 1.807) is 4.68 Å². The van der Waals surface area contributed by atoms with E-state index in [1.165, 1.54) is 28.6 Å². The van der Waals surface area contributed by atoms with E-state index in [2.05, 4.69) is 10.4 Å². The van der Waals surface area contributed by atoms with Gasteiger partial charge in [0.1, 0.15) is 0 Å². The van der Waals surface area contributed by atoms with Crippen LogP contribution in [0.15, 0.2) is 29.2 Å². The van der Waals surface area contributed by atoms with Crippen molar-refractivity contribution in [2.45, 2.75) is 38.1 Å². The van der Waals surface area contributed by atoms with Gasteiger partial charge in [-0.05, 0) is 38.8 Å². The van der Waals surface area contributed by atoms with Gasteiger partial charge in [-0.3, -0.25) is 19.6 Å². The van der Waals surface area contributed by atoms with Crippen LogP contribution in [0.2, 0.25) is 0 Å². The van der Waals surface area contributed by atoms with E-state index < -0.39 is 14.9 Å². The number of aromatic nitrogens is 2. The quantitative estimate of drug-likeness (QED) is 0.543. The molecule has 1 aliphatic rings. The number of aryl methyl sites for hydroxylation is 2. The SMILES string of the molecule is Cc1nn(C)c(C)c1CNC(=O)C1CCN(S(=O)(=O)c2ccc([N+](=O)[O-])cc2)CC1. The normalized spacial score (nSPS) is 15.8. The number of nitro benzene ring substituents is 1. The molecule has 3 rings (SSSR count). The summed E-state index contributed by atoms with van der Waals surface area (Å²) in [6.07, 6.45) is 0.839. The van der Waals surface area contributed by atoms with Crippen molar-refractivity contribution in [3.05, 3.63) is 51.3 Å². The van der Waals surface area contributed by atoms with Gasteiger partial charge in [0.2, 0.25) is 15.9 Å². The number of nitrogens with zero attached hydrogens (tertiary/aromatic N) is 4. The maximum absolute atomic E-state index is 12.8. The van der Waals surface area contributed by atoms with Gasteiger partial charge in [-0.2, -0.15) is 9.40 Å². The number of nitro groups is 1. The Morgan fingerprint density at radius 3 is 2.33 bits per heavy atom. The summed E-state index contributed by atoms with van der Waals surface area (Å²) in [5.41, 5.74) is 2.70. The van der Waals surface area contributed by atoms with Crippen molar-refractivity contribution in [3.8, 4) is 0 Å². The second kappa shape index (κ2) is 8.52. The highest BCUT2D eigenvalue weighted by molar-refractivity contribution is 7.89. The minimum atomic E-state index is -3.75. The van der Waals surface area contributed by atoms with Gasteiger partial charge >= 0.3 is 0 Å². The average molecular weight is 436 g/mol. The van der Waals surface area contributed by atoms with Crippen LogP contribution in [-0.4, -0.2) is 46.4 Å². The topological polar surface area (TPSA) is 127 Å². The molecular formula is C19H25N5O5S. The number of carbonyl (C=O) groups excluding carboxylic acids is 1. The van der Waals surface area contributed by atoms with Crippen molar-refractivity contribution < 1.29 is 18.1 Å². The first-order valence-corrected chi connectivity index (χ1v) is 11.1. The third-order valence-electron chi connectivity index (χ3n) is 5.61. The third-order valence-corrected chi connectivity index (χ3v) is 7.52. The second-order valence-electron chi connectivity index (χ2n) is 7.42. The number of piperidine rings is 1. The molecule has 0 saturated carbocycles. The van der Waals surface area contributed by atoms with Gasteiger partial charge < -0.3 is 5.32 Å². The van der Waals surface area contributed by atoms with Gasteiger partial charge in [-0.25, -0.2) is 8.42 Å². The van der Waals surface area contributed by atoms with E-state index in [4.69, 9.17) is 0 Å². The zero-order valence-electron chi connectivity index (χ0n) is 17.2. The molecule has 1 amide bonds. The van der Waals surface area contributed by atoms with Crippen molar-refractivity contribution in [1.29, 1.82) is 0 Å². The Balaban J connectivity index is 1.58. The fourth-order valence-corrected chi connectivity index (χ4v) is 5.11. The number of sulfonamides is 1. The minimum Gasteiger partial charge on any atom is -0.352 e. The second-order valence-corrected chi connectivity index (χ2v) is 9.36. The van der Waals surface area contributed by atoms with Crippen LogP contribution in [0.25, 0.3) is 0 Å². The summed E-state index contributed by atoms with van der Waals surface area (Å²) in [5, 5.41) is 18.0. The molecule has 0 bridgehead atoms. The van der Waals surface area contributed by atoms with Gasteiger partial charge in [0, 0.05) is 56.0 Å². The molecule has 0 radical (unpaired) electrons. The van der Waals surface area contributed by atoms with Crippen molar-refractivity contribution in [2.24, 2.45) is 13.0 Å². The molecule has 11 heteroatoms. The maximum atomic E-state index is 12.8. The summed E-state index contributed by atoms with van der Waals surface area (Å²) in [6, 6.07) is 4.83. The monoisotopic (exact) mass is 435 g/mol. The molecule has 1 fully saturated rings. The van der Waals surface area contributed by atoms with Gasteiger partial charge in [0.05, 0.1) is 15.5 Å². The molecule has 1 aromatic carbocycles. The fourth-order valence-electron chi connectivity index (χ4n) is 3.64. The van der Waals surface area contributed by atoms with E-state index >= 15 is 0 Å². The van der Waals surface area contributed by atoms with E-state index in [-0.39, 0.29) is 35.5 Å². The van der Waals surface area contributed by atoms with Crippen LogP contribution >= 0.6 is 0 Å². The van der Waals surface area contributed by atoms with Gasteiger partial charge in [-0.15, -0.1) is 0 Å². The minimum absolute atomic E-state index is 0.0125. The number of hydrogen-bond acceptors (Lipinski definition) is 6. The zero-order valence-corrected chi connectivity index (χ0v) is 18.0. The summed E-state index contributed by atoms with van der Waals surface area (Å²) in [7, 11) is -1.89. The Kier molecular flexibility index (Phi) is 6.22. The fraction of sp³-hybridized carbons (Fsp3) is 0.474. The van der Waals surface area contributed by atoms with Crippen LogP contribution in [0, 0.1) is 29.9 Å². The smallest absolute Gasteiger partial charge is 0.269 e. The van der Waals surface area contributed by atoms with Crippen molar-refractivity contribution in [1.82, 2.24) is 19.4 Å². The third kappa shape index (κ3) is 4.36. The standard InChI is InChI=1S/C19H25N5O5S/c1-13-18(14(2)22(3)21-13)12-20-19(25)15-8-10-23(11-9-15)30(28,29)17-6-4-16(5-7-17)24(26)27/h4-7,15H,8-12H2,1-3H3,(H,20,25). The van der Waals surface area contributed by atoms with Crippen LogP contribution in [0.5, 0.6) is 0 Å². The molecule has 0 aliphatic carbocycles. The van der Waals surface area contributed by atoms with E-state index in [0.29, 0.717) is 19.4 Å². The van der Waals surface area contributed by atoms with E-state index in [1.807, 2.05) is 20.9 Å². The molecule has 0 unspecified atom stereocenters. The Hall–Kier alpha value is -2.79. The van der Waals surface area contributed by atoms with Gasteiger partial charge in [0.15, 0.2) is 0 Å². The number of non-ortho nitro benzene ring substituents is 1. The number of amides is 1. The molecule has 1 aliphatic heterocycles. The molecular weight excluding hydrogens is 410 g/mol. The predicted molar refractivity (Wildman–Crippen MR) is 109 cm³/mol. The molecule has 0 atom stereocenters. The highest BCUT2D eigenvalue weighted by atomic mass is 32.2. The van der Waals surface area contributed by atoms with Crippen LogP contribution in [0.1, 0.15) is 29.8 Å². The molecule has 162 valence electrons. The maximum Gasteiger partial charge on any atom is 0.269 e. The molecule has 1 N–H and O–H groups in total. The van der Waals surface area contributed by atoms with Crippen LogP contribution in [0.3, 0.4) is 0 Å². The lowest BCUT2D eigenvalue weighted by Gasteiger charge is -2.30. The zero-order chi connectivity index (χ0) is 22.1. The number of benzene rings is 1. The summed E-state index contributed by atoms with van der Waals surface area (Å²) in [5.74, 6) is -0.351.